The first-order valence-electron chi connectivity index (χ1n) is 4.53. The number of aldehydes is 1. The summed E-state index contributed by atoms with van der Waals surface area (Å²) in [5.74, 6) is -0.790. The van der Waals surface area contributed by atoms with Gasteiger partial charge >= 0.3 is 0 Å². The molecule has 0 spiro atoms. The van der Waals surface area contributed by atoms with E-state index in [0.717, 1.165) is 6.29 Å². The molecule has 0 saturated carbocycles. The number of hydrogen-bond acceptors (Lipinski definition) is 1. The molecule has 14 heavy (non-hydrogen) atoms. The molecule has 0 atom stereocenters. The first-order valence-corrected chi connectivity index (χ1v) is 4.53. The molecule has 1 aromatic carbocycles. The minimum atomic E-state index is -0.396. The highest BCUT2D eigenvalue weighted by Gasteiger charge is 2.06. The third-order valence-electron chi connectivity index (χ3n) is 2.10. The zero-order valence-corrected chi connectivity index (χ0v) is 8.02. The van der Waals surface area contributed by atoms with E-state index < -0.39 is 11.6 Å². The number of halogens is 2. The summed E-state index contributed by atoms with van der Waals surface area (Å²) in [7, 11) is 0. The molecular weight excluding hydrogens is 186 g/mol. The van der Waals surface area contributed by atoms with Gasteiger partial charge in [-0.2, -0.15) is 0 Å². The largest absolute Gasteiger partial charge is 0.303 e. The Morgan fingerprint density at radius 1 is 1.29 bits per heavy atom. The van der Waals surface area contributed by atoms with Gasteiger partial charge in [0.15, 0.2) is 0 Å². The quantitative estimate of drug-likeness (QED) is 0.537. The molecule has 0 bridgehead atoms. The Morgan fingerprint density at radius 3 is 2.64 bits per heavy atom. The fourth-order valence-corrected chi connectivity index (χ4v) is 1.25. The monoisotopic (exact) mass is 198 g/mol. The lowest BCUT2D eigenvalue weighted by molar-refractivity contribution is -0.107. The number of unbranched alkanes of at least 4 members (excludes halogenated alkanes) is 1. The first-order chi connectivity index (χ1) is 6.65. The molecule has 1 rings (SSSR count). The van der Waals surface area contributed by atoms with Crippen LogP contribution in [-0.2, 0) is 11.2 Å². The van der Waals surface area contributed by atoms with E-state index in [1.807, 2.05) is 0 Å². The van der Waals surface area contributed by atoms with Crippen LogP contribution in [0, 0.1) is 18.6 Å². The molecular formula is C11H12F2O. The molecule has 0 aliphatic carbocycles. The van der Waals surface area contributed by atoms with Gasteiger partial charge in [-0.1, -0.05) is 0 Å². The van der Waals surface area contributed by atoms with E-state index >= 15 is 0 Å². The molecule has 0 heterocycles. The van der Waals surface area contributed by atoms with Gasteiger partial charge in [0.05, 0.1) is 0 Å². The van der Waals surface area contributed by atoms with Crippen molar-refractivity contribution in [1.82, 2.24) is 0 Å². The van der Waals surface area contributed by atoms with Crippen molar-refractivity contribution >= 4 is 6.29 Å². The fraction of sp³-hybridized carbons (Fsp3) is 0.364. The topological polar surface area (TPSA) is 17.1 Å². The van der Waals surface area contributed by atoms with Crippen molar-refractivity contribution in [3.63, 3.8) is 0 Å². The van der Waals surface area contributed by atoms with Gasteiger partial charge in [-0.15, -0.1) is 0 Å². The van der Waals surface area contributed by atoms with Gasteiger partial charge in [-0.05, 0) is 43.0 Å². The van der Waals surface area contributed by atoms with Crippen molar-refractivity contribution in [2.24, 2.45) is 0 Å². The number of carbonyl (C=O) groups is 1. The van der Waals surface area contributed by atoms with Crippen LogP contribution in [0.4, 0.5) is 8.78 Å². The Labute approximate surface area is 81.7 Å². The Morgan fingerprint density at radius 2 is 2.00 bits per heavy atom. The normalized spacial score (nSPS) is 10.2. The lowest BCUT2D eigenvalue weighted by Crippen LogP contribution is -1.95. The highest BCUT2D eigenvalue weighted by molar-refractivity contribution is 5.49. The zero-order valence-electron chi connectivity index (χ0n) is 8.02. The van der Waals surface area contributed by atoms with Crippen molar-refractivity contribution in [2.45, 2.75) is 26.2 Å². The molecule has 0 aliphatic heterocycles. The van der Waals surface area contributed by atoms with Crippen molar-refractivity contribution < 1.29 is 13.6 Å². The summed E-state index contributed by atoms with van der Waals surface area (Å²) < 4.78 is 26.2. The van der Waals surface area contributed by atoms with E-state index in [9.17, 15) is 13.6 Å². The van der Waals surface area contributed by atoms with Gasteiger partial charge < -0.3 is 4.79 Å². The zero-order chi connectivity index (χ0) is 10.6. The average molecular weight is 198 g/mol. The van der Waals surface area contributed by atoms with Crippen molar-refractivity contribution in [3.05, 3.63) is 34.9 Å². The predicted octanol–water partition coefficient (Wildman–Crippen LogP) is 2.79. The molecule has 0 fully saturated rings. The second-order valence-corrected chi connectivity index (χ2v) is 3.25. The third kappa shape index (κ3) is 2.62. The highest BCUT2D eigenvalue weighted by Crippen LogP contribution is 2.15. The van der Waals surface area contributed by atoms with Crippen LogP contribution in [0.2, 0.25) is 0 Å². The van der Waals surface area contributed by atoms with Gasteiger partial charge in [-0.3, -0.25) is 0 Å². The van der Waals surface area contributed by atoms with Gasteiger partial charge in [0.2, 0.25) is 0 Å². The summed E-state index contributed by atoms with van der Waals surface area (Å²) in [4.78, 5) is 10.0. The lowest BCUT2D eigenvalue weighted by atomic mass is 10.1. The minimum Gasteiger partial charge on any atom is -0.303 e. The van der Waals surface area contributed by atoms with Gasteiger partial charge in [0.1, 0.15) is 17.9 Å². The van der Waals surface area contributed by atoms with Crippen LogP contribution < -0.4 is 0 Å². The number of hydrogen-bond donors (Lipinski definition) is 0. The summed E-state index contributed by atoms with van der Waals surface area (Å²) >= 11 is 0. The number of aryl methyl sites for hydroxylation is 2. The fourth-order valence-electron chi connectivity index (χ4n) is 1.25. The van der Waals surface area contributed by atoms with Crippen LogP contribution >= 0.6 is 0 Å². The van der Waals surface area contributed by atoms with Crippen LogP contribution in [0.1, 0.15) is 24.0 Å². The number of rotatable bonds is 4. The summed E-state index contributed by atoms with van der Waals surface area (Å²) in [5, 5.41) is 0. The van der Waals surface area contributed by atoms with Crippen LogP contribution in [0.25, 0.3) is 0 Å². The van der Waals surface area contributed by atoms with Crippen molar-refractivity contribution in [2.75, 3.05) is 0 Å². The Bertz CT molecular complexity index is 334. The molecule has 76 valence electrons. The Hall–Kier alpha value is -1.25. The van der Waals surface area contributed by atoms with E-state index in [0.29, 0.717) is 30.4 Å². The average Bonchev–Trinajstić information content (AvgIpc) is 2.14. The summed E-state index contributed by atoms with van der Waals surface area (Å²) in [6.45, 7) is 1.52. The molecule has 0 amide bonds. The van der Waals surface area contributed by atoms with E-state index in [-0.39, 0.29) is 0 Å². The SMILES string of the molecule is Cc1cc(F)c(CCCC=O)cc1F. The number of carbonyl (C=O) groups excluding carboxylic acids is 1. The predicted molar refractivity (Wildman–Crippen MR) is 50.1 cm³/mol. The Kier molecular flexibility index (Phi) is 3.74. The molecule has 0 aromatic heterocycles. The van der Waals surface area contributed by atoms with Crippen molar-refractivity contribution in [3.8, 4) is 0 Å². The van der Waals surface area contributed by atoms with Crippen LogP contribution in [0.15, 0.2) is 12.1 Å². The summed E-state index contributed by atoms with van der Waals surface area (Å²) in [6, 6.07) is 2.39. The molecule has 0 unspecified atom stereocenters. The smallest absolute Gasteiger partial charge is 0.126 e. The van der Waals surface area contributed by atoms with Crippen LogP contribution in [-0.4, -0.2) is 6.29 Å². The van der Waals surface area contributed by atoms with E-state index in [1.54, 1.807) is 0 Å². The lowest BCUT2D eigenvalue weighted by Gasteiger charge is -2.04. The van der Waals surface area contributed by atoms with Crippen molar-refractivity contribution in [1.29, 1.82) is 0 Å². The van der Waals surface area contributed by atoms with Crippen LogP contribution in [0.3, 0.4) is 0 Å². The van der Waals surface area contributed by atoms with E-state index in [4.69, 9.17) is 0 Å². The maximum absolute atomic E-state index is 13.2. The second-order valence-electron chi connectivity index (χ2n) is 3.25. The van der Waals surface area contributed by atoms with Gasteiger partial charge in [0, 0.05) is 6.42 Å². The maximum atomic E-state index is 13.2. The minimum absolute atomic E-state index is 0.307. The molecule has 0 aliphatic rings. The van der Waals surface area contributed by atoms with E-state index in [1.165, 1.54) is 19.1 Å². The third-order valence-corrected chi connectivity index (χ3v) is 2.10. The summed E-state index contributed by atoms with van der Waals surface area (Å²) in [5.41, 5.74) is 0.650. The Balaban J connectivity index is 2.76. The number of benzene rings is 1. The second kappa shape index (κ2) is 4.84. The highest BCUT2D eigenvalue weighted by atomic mass is 19.1. The molecule has 0 N–H and O–H groups in total. The maximum Gasteiger partial charge on any atom is 0.126 e. The molecule has 1 nitrogen and oxygen atoms in total. The van der Waals surface area contributed by atoms with Gasteiger partial charge in [0.25, 0.3) is 0 Å². The summed E-state index contributed by atoms with van der Waals surface area (Å²) in [6.07, 6.45) is 2.13. The van der Waals surface area contributed by atoms with Crippen LogP contribution in [0.5, 0.6) is 0 Å². The molecule has 1 aromatic rings. The van der Waals surface area contributed by atoms with E-state index in [2.05, 4.69) is 0 Å². The standard InChI is InChI=1S/C11H12F2O/c1-8-6-11(13)9(7-10(8)12)4-2-3-5-14/h5-7H,2-4H2,1H3. The van der Waals surface area contributed by atoms with Gasteiger partial charge in [-0.25, -0.2) is 8.78 Å². The molecule has 3 heteroatoms. The molecule has 0 radical (unpaired) electrons. The first kappa shape index (κ1) is 10.8. The molecule has 0 saturated heterocycles.